The van der Waals surface area contributed by atoms with Gasteiger partial charge in [-0.2, -0.15) is 0 Å². The molecule has 24 heavy (non-hydrogen) atoms. The third-order valence-corrected chi connectivity index (χ3v) is 5.50. The molecule has 0 unspecified atom stereocenters. The van der Waals surface area contributed by atoms with E-state index in [2.05, 4.69) is 10.4 Å². The van der Waals surface area contributed by atoms with Gasteiger partial charge in [-0.25, -0.2) is 18.2 Å². The topological polar surface area (TPSA) is 88.2 Å². The first-order valence-corrected chi connectivity index (χ1v) is 9.10. The Bertz CT molecular complexity index is 640. The Morgan fingerprint density at radius 2 is 1.88 bits per heavy atom. The zero-order valence-corrected chi connectivity index (χ0v) is 14.7. The van der Waals surface area contributed by atoms with E-state index < -0.39 is 15.9 Å². The fourth-order valence-electron chi connectivity index (χ4n) is 2.16. The van der Waals surface area contributed by atoms with Gasteiger partial charge in [-0.3, -0.25) is 14.5 Å². The lowest BCUT2D eigenvalue weighted by Crippen LogP contribution is -2.39. The zero-order valence-electron chi connectivity index (χ0n) is 13.9. The fourth-order valence-corrected chi connectivity index (χ4v) is 3.07. The molecule has 0 aromatic heterocycles. The van der Waals surface area contributed by atoms with Gasteiger partial charge in [0.2, 0.25) is 10.0 Å². The van der Waals surface area contributed by atoms with Crippen LogP contribution in [0.4, 0.5) is 0 Å². The second kappa shape index (κ2) is 8.54. The standard InChI is InChI=1S/C15H23N3O5S/c1-17(2)24(20,21)14-5-3-13(4-6-14)15(19)16-23-12-9-18-7-10-22-11-8-18/h3-6H,7-12H2,1-2H3,(H,16,19). The molecule has 0 bridgehead atoms. The number of hydrogen-bond donors (Lipinski definition) is 1. The summed E-state index contributed by atoms with van der Waals surface area (Å²) in [5.41, 5.74) is 2.70. The minimum atomic E-state index is -3.50. The number of hydrogen-bond acceptors (Lipinski definition) is 6. The van der Waals surface area contributed by atoms with Crippen molar-refractivity contribution in [3.05, 3.63) is 29.8 Å². The van der Waals surface area contributed by atoms with Gasteiger partial charge in [-0.15, -0.1) is 0 Å². The van der Waals surface area contributed by atoms with Crippen LogP contribution in [-0.2, 0) is 19.6 Å². The number of nitrogens with one attached hydrogen (secondary N) is 1. The number of carbonyl (C=O) groups is 1. The first kappa shape index (κ1) is 18.8. The molecule has 1 amide bonds. The summed E-state index contributed by atoms with van der Waals surface area (Å²) >= 11 is 0. The lowest BCUT2D eigenvalue weighted by Gasteiger charge is -2.26. The Morgan fingerprint density at radius 3 is 2.46 bits per heavy atom. The van der Waals surface area contributed by atoms with Gasteiger partial charge in [0.1, 0.15) is 0 Å². The number of nitrogens with zero attached hydrogens (tertiary/aromatic N) is 2. The molecule has 1 saturated heterocycles. The molecule has 0 radical (unpaired) electrons. The first-order chi connectivity index (χ1) is 11.4. The van der Waals surface area contributed by atoms with E-state index in [0.29, 0.717) is 31.9 Å². The van der Waals surface area contributed by atoms with Crippen LogP contribution in [0.5, 0.6) is 0 Å². The van der Waals surface area contributed by atoms with Gasteiger partial charge in [-0.1, -0.05) is 0 Å². The highest BCUT2D eigenvalue weighted by Crippen LogP contribution is 2.13. The second-order valence-corrected chi connectivity index (χ2v) is 7.70. The van der Waals surface area contributed by atoms with Crippen molar-refractivity contribution < 1.29 is 22.8 Å². The molecule has 0 aliphatic carbocycles. The molecular weight excluding hydrogens is 334 g/mol. The molecule has 0 saturated carbocycles. The molecule has 8 nitrogen and oxygen atoms in total. The molecule has 1 N–H and O–H groups in total. The van der Waals surface area contributed by atoms with Gasteiger partial charge in [0.05, 0.1) is 24.7 Å². The van der Waals surface area contributed by atoms with Crippen LogP contribution in [0.1, 0.15) is 10.4 Å². The maximum absolute atomic E-state index is 12.0. The van der Waals surface area contributed by atoms with E-state index in [1.807, 2.05) is 0 Å². The van der Waals surface area contributed by atoms with Crippen LogP contribution in [0.15, 0.2) is 29.2 Å². The van der Waals surface area contributed by atoms with Crippen LogP contribution < -0.4 is 5.48 Å². The molecule has 1 aromatic carbocycles. The number of sulfonamides is 1. The van der Waals surface area contributed by atoms with Gasteiger partial charge in [0, 0.05) is 39.3 Å². The molecule has 1 aliphatic heterocycles. The Balaban J connectivity index is 1.80. The summed E-state index contributed by atoms with van der Waals surface area (Å²) in [6.45, 7) is 4.24. The third kappa shape index (κ3) is 4.99. The first-order valence-electron chi connectivity index (χ1n) is 7.66. The van der Waals surface area contributed by atoms with Crippen molar-refractivity contribution in [2.45, 2.75) is 4.90 Å². The van der Waals surface area contributed by atoms with Crippen LogP contribution in [0.25, 0.3) is 0 Å². The quantitative estimate of drug-likeness (QED) is 0.543. The summed E-state index contributed by atoms with van der Waals surface area (Å²) in [7, 11) is -0.585. The van der Waals surface area contributed by atoms with E-state index >= 15 is 0 Å². The lowest BCUT2D eigenvalue weighted by molar-refractivity contribution is -0.00177. The van der Waals surface area contributed by atoms with Crippen LogP contribution in [-0.4, -0.2) is 77.1 Å². The average Bonchev–Trinajstić information content (AvgIpc) is 2.59. The second-order valence-electron chi connectivity index (χ2n) is 5.55. The molecule has 1 aliphatic rings. The molecule has 1 heterocycles. The van der Waals surface area contributed by atoms with Crippen LogP contribution in [0.3, 0.4) is 0 Å². The number of amides is 1. The predicted octanol–water partition coefficient (Wildman–Crippen LogP) is -0.0695. The van der Waals surface area contributed by atoms with Gasteiger partial charge in [0.25, 0.3) is 5.91 Å². The highest BCUT2D eigenvalue weighted by atomic mass is 32.2. The molecule has 1 fully saturated rings. The number of morpholine rings is 1. The molecule has 0 spiro atoms. The monoisotopic (exact) mass is 357 g/mol. The summed E-state index contributed by atoms with van der Waals surface area (Å²) in [5.74, 6) is -0.411. The lowest BCUT2D eigenvalue weighted by atomic mass is 10.2. The van der Waals surface area contributed by atoms with E-state index in [0.717, 1.165) is 17.4 Å². The number of benzene rings is 1. The van der Waals surface area contributed by atoms with E-state index in [1.165, 1.54) is 38.4 Å². The minimum absolute atomic E-state index is 0.136. The summed E-state index contributed by atoms with van der Waals surface area (Å²) in [5, 5.41) is 0. The molecule has 0 atom stereocenters. The van der Waals surface area contributed by atoms with E-state index in [4.69, 9.17) is 9.57 Å². The fraction of sp³-hybridized carbons (Fsp3) is 0.533. The predicted molar refractivity (Wildman–Crippen MR) is 88.0 cm³/mol. The number of carbonyl (C=O) groups excluding carboxylic acids is 1. The van der Waals surface area contributed by atoms with Crippen molar-refractivity contribution >= 4 is 15.9 Å². The Hall–Kier alpha value is -1.52. The maximum Gasteiger partial charge on any atom is 0.274 e. The van der Waals surface area contributed by atoms with Gasteiger partial charge in [-0.05, 0) is 24.3 Å². The van der Waals surface area contributed by atoms with Crippen LogP contribution >= 0.6 is 0 Å². The molecule has 134 valence electrons. The molecule has 2 rings (SSSR count). The SMILES string of the molecule is CN(C)S(=O)(=O)c1ccc(C(=O)NOCCN2CCOCC2)cc1. The largest absolute Gasteiger partial charge is 0.379 e. The van der Waals surface area contributed by atoms with E-state index in [9.17, 15) is 13.2 Å². The van der Waals surface area contributed by atoms with Crippen LogP contribution in [0, 0.1) is 0 Å². The average molecular weight is 357 g/mol. The maximum atomic E-state index is 12.0. The zero-order chi connectivity index (χ0) is 17.6. The number of ether oxygens (including phenoxy) is 1. The molecule has 9 heteroatoms. The highest BCUT2D eigenvalue weighted by molar-refractivity contribution is 7.89. The van der Waals surface area contributed by atoms with E-state index in [1.54, 1.807) is 0 Å². The van der Waals surface area contributed by atoms with Gasteiger partial charge < -0.3 is 4.74 Å². The van der Waals surface area contributed by atoms with Crippen molar-refractivity contribution in [3.8, 4) is 0 Å². The van der Waals surface area contributed by atoms with Crippen molar-refractivity contribution in [1.29, 1.82) is 0 Å². The smallest absolute Gasteiger partial charge is 0.274 e. The van der Waals surface area contributed by atoms with Crippen molar-refractivity contribution in [3.63, 3.8) is 0 Å². The van der Waals surface area contributed by atoms with Crippen molar-refractivity contribution in [2.75, 3.05) is 53.6 Å². The summed E-state index contributed by atoms with van der Waals surface area (Å²) in [6, 6.07) is 5.71. The molecule has 1 aromatic rings. The van der Waals surface area contributed by atoms with Gasteiger partial charge >= 0.3 is 0 Å². The van der Waals surface area contributed by atoms with Gasteiger partial charge in [0.15, 0.2) is 0 Å². The number of rotatable bonds is 7. The summed E-state index contributed by atoms with van der Waals surface area (Å²) in [4.78, 5) is 19.5. The number of hydroxylamine groups is 1. The Labute approximate surface area is 142 Å². The van der Waals surface area contributed by atoms with Crippen molar-refractivity contribution in [2.24, 2.45) is 0 Å². The van der Waals surface area contributed by atoms with Crippen molar-refractivity contribution in [1.82, 2.24) is 14.7 Å². The Morgan fingerprint density at radius 1 is 1.25 bits per heavy atom. The highest BCUT2D eigenvalue weighted by Gasteiger charge is 2.17. The Kier molecular flexibility index (Phi) is 6.69. The van der Waals surface area contributed by atoms with E-state index in [-0.39, 0.29) is 4.90 Å². The summed E-state index contributed by atoms with van der Waals surface area (Å²) < 4.78 is 30.3. The third-order valence-electron chi connectivity index (χ3n) is 3.67. The molecular formula is C15H23N3O5S. The normalized spacial score (nSPS) is 16.3. The van der Waals surface area contributed by atoms with Crippen LogP contribution in [0.2, 0.25) is 0 Å². The summed E-state index contributed by atoms with van der Waals surface area (Å²) in [6.07, 6.45) is 0. The minimum Gasteiger partial charge on any atom is -0.379 e.